The van der Waals surface area contributed by atoms with Gasteiger partial charge in [-0.3, -0.25) is 9.59 Å². The van der Waals surface area contributed by atoms with E-state index in [1.54, 1.807) is 11.8 Å². The molecular formula is C19H26N2O2S. The number of hydrogen-bond donors (Lipinski definition) is 0. The lowest BCUT2D eigenvalue weighted by Crippen LogP contribution is -2.46. The molecule has 24 heavy (non-hydrogen) atoms. The molecule has 2 saturated heterocycles. The summed E-state index contributed by atoms with van der Waals surface area (Å²) >= 11 is 1.59. The van der Waals surface area contributed by atoms with Gasteiger partial charge >= 0.3 is 0 Å². The second kappa shape index (κ2) is 8.56. The van der Waals surface area contributed by atoms with Crippen molar-refractivity contribution in [1.82, 2.24) is 9.80 Å². The van der Waals surface area contributed by atoms with E-state index in [0.717, 1.165) is 56.8 Å². The Balaban J connectivity index is 1.42. The number of likely N-dealkylation sites (tertiary alicyclic amines) is 2. The summed E-state index contributed by atoms with van der Waals surface area (Å²) in [5.41, 5.74) is 0. The number of piperidine rings is 2. The fourth-order valence-corrected chi connectivity index (χ4v) is 4.32. The quantitative estimate of drug-likeness (QED) is 0.787. The Bertz CT molecular complexity index is 550. The minimum absolute atomic E-state index is 0.119. The molecule has 0 N–H and O–H groups in total. The lowest BCUT2D eigenvalue weighted by Gasteiger charge is -2.35. The van der Waals surface area contributed by atoms with Gasteiger partial charge in [0.2, 0.25) is 11.8 Å². The number of carbonyl (C=O) groups excluding carboxylic acids is 2. The topological polar surface area (TPSA) is 40.6 Å². The highest BCUT2D eigenvalue weighted by Gasteiger charge is 2.30. The van der Waals surface area contributed by atoms with Crippen LogP contribution < -0.4 is 0 Å². The molecule has 2 fully saturated rings. The molecule has 0 radical (unpaired) electrons. The third kappa shape index (κ3) is 4.53. The molecule has 2 amide bonds. The SMILES string of the molecule is O=C(CSc1ccccc1)N1CCC(C(=O)N2CCCCC2)CC1. The summed E-state index contributed by atoms with van der Waals surface area (Å²) in [5, 5.41) is 0. The molecule has 130 valence electrons. The molecule has 0 aliphatic carbocycles. The first-order chi connectivity index (χ1) is 11.7. The Morgan fingerprint density at radius 3 is 2.25 bits per heavy atom. The maximum absolute atomic E-state index is 12.6. The predicted octanol–water partition coefficient (Wildman–Crippen LogP) is 3.03. The van der Waals surface area contributed by atoms with Crippen molar-refractivity contribution in [3.63, 3.8) is 0 Å². The molecule has 0 aromatic heterocycles. The number of amides is 2. The molecule has 0 saturated carbocycles. The van der Waals surface area contributed by atoms with Crippen molar-refractivity contribution in [1.29, 1.82) is 0 Å². The highest BCUT2D eigenvalue weighted by molar-refractivity contribution is 8.00. The molecule has 0 bridgehead atoms. The number of rotatable bonds is 4. The molecule has 3 rings (SSSR count). The molecule has 1 aromatic rings. The third-order valence-electron chi connectivity index (χ3n) is 4.97. The maximum atomic E-state index is 12.6. The van der Waals surface area contributed by atoms with Gasteiger partial charge in [-0.25, -0.2) is 0 Å². The van der Waals surface area contributed by atoms with E-state index in [2.05, 4.69) is 0 Å². The lowest BCUT2D eigenvalue weighted by molar-refractivity contribution is -0.140. The van der Waals surface area contributed by atoms with Crippen LogP contribution in [-0.4, -0.2) is 53.5 Å². The average molecular weight is 346 g/mol. The van der Waals surface area contributed by atoms with Crippen LogP contribution in [0.1, 0.15) is 32.1 Å². The monoisotopic (exact) mass is 346 g/mol. The predicted molar refractivity (Wildman–Crippen MR) is 96.9 cm³/mol. The van der Waals surface area contributed by atoms with Crippen LogP contribution in [0.25, 0.3) is 0 Å². The summed E-state index contributed by atoms with van der Waals surface area (Å²) < 4.78 is 0. The normalized spacial score (nSPS) is 19.3. The van der Waals surface area contributed by atoms with E-state index in [4.69, 9.17) is 0 Å². The first-order valence-electron chi connectivity index (χ1n) is 8.98. The van der Waals surface area contributed by atoms with Gasteiger partial charge in [-0.15, -0.1) is 11.8 Å². The molecule has 0 unspecified atom stereocenters. The molecular weight excluding hydrogens is 320 g/mol. The smallest absolute Gasteiger partial charge is 0.232 e. The zero-order valence-electron chi connectivity index (χ0n) is 14.2. The van der Waals surface area contributed by atoms with Crippen LogP contribution in [0.15, 0.2) is 35.2 Å². The zero-order valence-corrected chi connectivity index (χ0v) is 15.0. The van der Waals surface area contributed by atoms with Crippen LogP contribution >= 0.6 is 11.8 Å². The van der Waals surface area contributed by atoms with E-state index in [9.17, 15) is 9.59 Å². The van der Waals surface area contributed by atoms with E-state index in [1.807, 2.05) is 40.1 Å². The van der Waals surface area contributed by atoms with E-state index in [-0.39, 0.29) is 11.8 Å². The first-order valence-corrected chi connectivity index (χ1v) is 9.97. The van der Waals surface area contributed by atoms with Crippen LogP contribution in [0.2, 0.25) is 0 Å². The van der Waals surface area contributed by atoms with E-state index < -0.39 is 0 Å². The van der Waals surface area contributed by atoms with E-state index >= 15 is 0 Å². The highest BCUT2D eigenvalue weighted by atomic mass is 32.2. The van der Waals surface area contributed by atoms with Gasteiger partial charge in [0.25, 0.3) is 0 Å². The van der Waals surface area contributed by atoms with Crippen molar-refractivity contribution in [2.75, 3.05) is 31.9 Å². The Kier molecular flexibility index (Phi) is 6.18. The molecule has 2 heterocycles. The van der Waals surface area contributed by atoms with E-state index in [0.29, 0.717) is 11.7 Å². The Hall–Kier alpha value is -1.49. The second-order valence-corrected chi connectivity index (χ2v) is 7.69. The first kappa shape index (κ1) is 17.3. The summed E-state index contributed by atoms with van der Waals surface area (Å²) in [4.78, 5) is 30.0. The van der Waals surface area contributed by atoms with Crippen molar-refractivity contribution in [2.24, 2.45) is 5.92 Å². The number of hydrogen-bond acceptors (Lipinski definition) is 3. The van der Waals surface area contributed by atoms with Gasteiger partial charge in [-0.2, -0.15) is 0 Å². The van der Waals surface area contributed by atoms with Crippen LogP contribution in [0, 0.1) is 5.92 Å². The second-order valence-electron chi connectivity index (χ2n) is 6.64. The van der Waals surface area contributed by atoms with Gasteiger partial charge in [0.1, 0.15) is 0 Å². The Labute approximate surface area is 148 Å². The number of benzene rings is 1. The minimum Gasteiger partial charge on any atom is -0.342 e. The molecule has 5 heteroatoms. The molecule has 2 aliphatic rings. The van der Waals surface area contributed by atoms with Crippen LogP contribution in [0.4, 0.5) is 0 Å². The summed E-state index contributed by atoms with van der Waals surface area (Å²) in [5.74, 6) is 1.11. The highest BCUT2D eigenvalue weighted by Crippen LogP contribution is 2.23. The van der Waals surface area contributed by atoms with Gasteiger partial charge in [-0.05, 0) is 44.2 Å². The summed E-state index contributed by atoms with van der Waals surface area (Å²) in [6, 6.07) is 10.0. The molecule has 1 aromatic carbocycles. The zero-order chi connectivity index (χ0) is 16.8. The molecule has 4 nitrogen and oxygen atoms in total. The standard InChI is InChI=1S/C19H26N2O2S/c22-18(15-24-17-7-3-1-4-8-17)20-13-9-16(10-14-20)19(23)21-11-5-2-6-12-21/h1,3-4,7-8,16H,2,5-6,9-15H2. The third-order valence-corrected chi connectivity index (χ3v) is 5.97. The summed E-state index contributed by atoms with van der Waals surface area (Å²) in [7, 11) is 0. The number of nitrogens with zero attached hydrogens (tertiary/aromatic N) is 2. The maximum Gasteiger partial charge on any atom is 0.232 e. The molecule has 0 spiro atoms. The van der Waals surface area contributed by atoms with Crippen molar-refractivity contribution >= 4 is 23.6 Å². The van der Waals surface area contributed by atoms with Gasteiger partial charge in [0.15, 0.2) is 0 Å². The van der Waals surface area contributed by atoms with Crippen LogP contribution in [0.5, 0.6) is 0 Å². The lowest BCUT2D eigenvalue weighted by atomic mass is 9.94. The average Bonchev–Trinajstić information content (AvgIpc) is 2.67. The summed E-state index contributed by atoms with van der Waals surface area (Å²) in [6.07, 6.45) is 5.16. The largest absolute Gasteiger partial charge is 0.342 e. The van der Waals surface area contributed by atoms with Gasteiger partial charge < -0.3 is 9.80 Å². The van der Waals surface area contributed by atoms with Crippen molar-refractivity contribution in [2.45, 2.75) is 37.0 Å². The van der Waals surface area contributed by atoms with Gasteiger partial charge in [-0.1, -0.05) is 18.2 Å². The fraction of sp³-hybridized carbons (Fsp3) is 0.579. The van der Waals surface area contributed by atoms with Gasteiger partial charge in [0.05, 0.1) is 5.75 Å². The van der Waals surface area contributed by atoms with E-state index in [1.165, 1.54) is 6.42 Å². The summed E-state index contributed by atoms with van der Waals surface area (Å²) in [6.45, 7) is 3.29. The Morgan fingerprint density at radius 1 is 0.917 bits per heavy atom. The van der Waals surface area contributed by atoms with Crippen molar-refractivity contribution in [3.8, 4) is 0 Å². The van der Waals surface area contributed by atoms with Crippen LogP contribution in [-0.2, 0) is 9.59 Å². The van der Waals surface area contributed by atoms with Crippen molar-refractivity contribution in [3.05, 3.63) is 30.3 Å². The Morgan fingerprint density at radius 2 is 1.58 bits per heavy atom. The van der Waals surface area contributed by atoms with Gasteiger partial charge in [0, 0.05) is 37.0 Å². The van der Waals surface area contributed by atoms with Crippen molar-refractivity contribution < 1.29 is 9.59 Å². The fourth-order valence-electron chi connectivity index (χ4n) is 3.50. The number of carbonyl (C=O) groups is 2. The number of thioether (sulfide) groups is 1. The minimum atomic E-state index is 0.119. The molecule has 2 aliphatic heterocycles. The van der Waals surface area contributed by atoms with Crippen LogP contribution in [0.3, 0.4) is 0 Å². The molecule has 0 atom stereocenters.